The number of aromatic nitrogens is 6. The fourth-order valence-electron chi connectivity index (χ4n) is 4.81. The average molecular weight is 571 g/mol. The zero-order valence-corrected chi connectivity index (χ0v) is 22.1. The molecule has 41 heavy (non-hydrogen) atoms. The Balaban J connectivity index is 1.40. The first-order valence-corrected chi connectivity index (χ1v) is 12.8. The molecular weight excluding hydrogens is 544 g/mol. The van der Waals surface area contributed by atoms with Crippen molar-refractivity contribution < 1.29 is 22.4 Å². The molecule has 3 aromatic heterocycles. The van der Waals surface area contributed by atoms with Gasteiger partial charge >= 0.3 is 6.18 Å². The lowest BCUT2D eigenvalue weighted by Gasteiger charge is -2.29. The van der Waals surface area contributed by atoms with Gasteiger partial charge in [-0.1, -0.05) is 17.3 Å². The van der Waals surface area contributed by atoms with Crippen molar-refractivity contribution in [2.24, 2.45) is 0 Å². The van der Waals surface area contributed by atoms with Crippen molar-refractivity contribution in [3.05, 3.63) is 88.0 Å². The summed E-state index contributed by atoms with van der Waals surface area (Å²) >= 11 is 0. The van der Waals surface area contributed by atoms with Gasteiger partial charge in [0.2, 0.25) is 0 Å². The van der Waals surface area contributed by atoms with Crippen molar-refractivity contribution in [2.75, 3.05) is 20.1 Å². The highest BCUT2D eigenvalue weighted by Gasteiger charge is 2.35. The molecule has 0 saturated carbocycles. The summed E-state index contributed by atoms with van der Waals surface area (Å²) in [6.07, 6.45) is 1.56. The van der Waals surface area contributed by atoms with Crippen LogP contribution in [-0.4, -0.2) is 60.7 Å². The van der Waals surface area contributed by atoms with E-state index in [-0.39, 0.29) is 23.0 Å². The molecule has 0 spiro atoms. The summed E-state index contributed by atoms with van der Waals surface area (Å²) in [5.41, 5.74) is -0.880. The van der Waals surface area contributed by atoms with Crippen molar-refractivity contribution in [1.29, 1.82) is 0 Å². The number of nitrogens with one attached hydrogen (secondary N) is 1. The third kappa shape index (κ3) is 5.87. The number of benzene rings is 1. The van der Waals surface area contributed by atoms with Gasteiger partial charge in [0, 0.05) is 23.4 Å². The molecule has 1 atom stereocenters. The molecule has 10 nitrogen and oxygen atoms in total. The van der Waals surface area contributed by atoms with E-state index in [1.54, 1.807) is 18.5 Å². The molecule has 0 radical (unpaired) electrons. The normalized spacial score (nSPS) is 15.6. The zero-order chi connectivity index (χ0) is 29.3. The number of piperidine rings is 1. The van der Waals surface area contributed by atoms with Crippen LogP contribution in [0.5, 0.6) is 0 Å². The number of amides is 1. The minimum absolute atomic E-state index is 0.156. The molecule has 14 heteroatoms. The molecule has 0 bridgehead atoms. The maximum absolute atomic E-state index is 14.6. The van der Waals surface area contributed by atoms with Crippen LogP contribution in [0.1, 0.15) is 53.5 Å². The first-order valence-electron chi connectivity index (χ1n) is 12.8. The molecule has 1 fully saturated rings. The van der Waals surface area contributed by atoms with Crippen LogP contribution in [0, 0.1) is 5.82 Å². The summed E-state index contributed by atoms with van der Waals surface area (Å²) in [6, 6.07) is 5.88. The van der Waals surface area contributed by atoms with Gasteiger partial charge in [0.05, 0.1) is 41.4 Å². The van der Waals surface area contributed by atoms with E-state index >= 15 is 0 Å². The number of rotatable bonds is 6. The summed E-state index contributed by atoms with van der Waals surface area (Å²) in [5, 5.41) is 14.9. The molecule has 0 unspecified atom stereocenters. The summed E-state index contributed by atoms with van der Waals surface area (Å²) < 4.78 is 56.8. The standard InChI is InChI=1S/C27H26F4N8O2/c1-16(20-4-3-5-21(25(20)28)27(29,30)31)34-26(41)22-6-7-24(40)39(35-22)19-12-17(13-32-14-19)23-15-33-36-38(23)18-8-10-37(2)11-9-18/h3-7,12-16,18H,8-11H2,1-2H3,(H,34,41)/t16-/m1/s1. The van der Waals surface area contributed by atoms with E-state index in [0.29, 0.717) is 17.3 Å². The van der Waals surface area contributed by atoms with Crippen molar-refractivity contribution >= 4 is 5.91 Å². The van der Waals surface area contributed by atoms with Crippen LogP contribution in [0.4, 0.5) is 17.6 Å². The number of pyridine rings is 1. The van der Waals surface area contributed by atoms with Crippen LogP contribution in [0.3, 0.4) is 0 Å². The Morgan fingerprint density at radius 1 is 1.10 bits per heavy atom. The Bertz CT molecular complexity index is 1630. The molecule has 4 aromatic rings. The van der Waals surface area contributed by atoms with Crippen LogP contribution in [0.15, 0.2) is 59.8 Å². The molecule has 1 N–H and O–H groups in total. The number of nitrogens with zero attached hydrogens (tertiary/aromatic N) is 7. The number of likely N-dealkylation sites (tertiary alicyclic amines) is 1. The third-order valence-corrected chi connectivity index (χ3v) is 7.05. The highest BCUT2D eigenvalue weighted by molar-refractivity contribution is 5.92. The lowest BCUT2D eigenvalue weighted by atomic mass is 10.0. The second-order valence-corrected chi connectivity index (χ2v) is 9.90. The van der Waals surface area contributed by atoms with Crippen LogP contribution in [0.2, 0.25) is 0 Å². The maximum atomic E-state index is 14.6. The number of hydrogen-bond donors (Lipinski definition) is 1. The molecule has 5 rings (SSSR count). The summed E-state index contributed by atoms with van der Waals surface area (Å²) in [5.74, 6) is -2.28. The monoisotopic (exact) mass is 570 g/mol. The van der Waals surface area contributed by atoms with Gasteiger partial charge in [0.15, 0.2) is 0 Å². The lowest BCUT2D eigenvalue weighted by Crippen LogP contribution is -2.32. The number of hydrogen-bond acceptors (Lipinski definition) is 7. The lowest BCUT2D eigenvalue weighted by molar-refractivity contribution is -0.140. The molecule has 214 valence electrons. The Morgan fingerprint density at radius 2 is 1.85 bits per heavy atom. The van der Waals surface area contributed by atoms with Gasteiger partial charge in [-0.25, -0.2) is 9.07 Å². The van der Waals surface area contributed by atoms with Gasteiger partial charge in [0.25, 0.3) is 11.5 Å². The first kappa shape index (κ1) is 28.1. The van der Waals surface area contributed by atoms with Gasteiger partial charge in [-0.05, 0) is 58.1 Å². The average Bonchev–Trinajstić information content (AvgIpc) is 3.43. The molecule has 0 aliphatic carbocycles. The molecular formula is C27H26F4N8O2. The SMILES string of the molecule is C[C@@H](NC(=O)c1ccc(=O)n(-c2cncc(-c3cnnn3C3CCN(C)CC3)c2)n1)c1cccc(C(F)(F)F)c1F. The largest absolute Gasteiger partial charge is 0.419 e. The Morgan fingerprint density at radius 3 is 2.59 bits per heavy atom. The van der Waals surface area contributed by atoms with E-state index in [1.807, 2.05) is 4.68 Å². The van der Waals surface area contributed by atoms with Crippen LogP contribution >= 0.6 is 0 Å². The number of carbonyl (C=O) groups excluding carboxylic acids is 1. The van der Waals surface area contributed by atoms with Gasteiger partial charge in [-0.3, -0.25) is 14.6 Å². The molecule has 4 heterocycles. The first-order chi connectivity index (χ1) is 19.5. The number of alkyl halides is 3. The fraction of sp³-hybridized carbons (Fsp3) is 0.333. The van der Waals surface area contributed by atoms with Crippen LogP contribution in [0.25, 0.3) is 16.9 Å². The molecule has 1 amide bonds. The summed E-state index contributed by atoms with van der Waals surface area (Å²) in [6.45, 7) is 3.20. The summed E-state index contributed by atoms with van der Waals surface area (Å²) in [4.78, 5) is 32.1. The minimum atomic E-state index is -4.88. The van der Waals surface area contributed by atoms with Crippen LogP contribution < -0.4 is 10.9 Å². The van der Waals surface area contributed by atoms with E-state index < -0.39 is 35.1 Å². The zero-order valence-electron chi connectivity index (χ0n) is 22.1. The molecule has 1 aromatic carbocycles. The van der Waals surface area contributed by atoms with Gasteiger partial charge < -0.3 is 10.2 Å². The van der Waals surface area contributed by atoms with E-state index in [1.165, 1.54) is 19.2 Å². The van der Waals surface area contributed by atoms with Gasteiger partial charge in [0.1, 0.15) is 11.5 Å². The van der Waals surface area contributed by atoms with Crippen molar-refractivity contribution in [3.8, 4) is 16.9 Å². The predicted molar refractivity (Wildman–Crippen MR) is 140 cm³/mol. The second-order valence-electron chi connectivity index (χ2n) is 9.90. The Kier molecular flexibility index (Phi) is 7.67. The highest BCUT2D eigenvalue weighted by atomic mass is 19.4. The third-order valence-electron chi connectivity index (χ3n) is 7.05. The van der Waals surface area contributed by atoms with Crippen LogP contribution in [-0.2, 0) is 6.18 Å². The van der Waals surface area contributed by atoms with E-state index in [2.05, 4.69) is 37.7 Å². The molecule has 1 aliphatic rings. The van der Waals surface area contributed by atoms with Crippen molar-refractivity contribution in [2.45, 2.75) is 38.0 Å². The number of halogens is 4. The quantitative estimate of drug-likeness (QED) is 0.351. The Hall–Kier alpha value is -4.46. The minimum Gasteiger partial charge on any atom is -0.344 e. The van der Waals surface area contributed by atoms with Gasteiger partial charge in [-0.2, -0.15) is 23.0 Å². The highest BCUT2D eigenvalue weighted by Crippen LogP contribution is 2.34. The Labute approximate surface area is 231 Å². The number of carbonyl (C=O) groups is 1. The molecule has 1 saturated heterocycles. The fourth-order valence-corrected chi connectivity index (χ4v) is 4.81. The van der Waals surface area contributed by atoms with E-state index in [0.717, 1.165) is 48.8 Å². The second kappa shape index (κ2) is 11.2. The topological polar surface area (TPSA) is 111 Å². The van der Waals surface area contributed by atoms with Crippen molar-refractivity contribution in [3.63, 3.8) is 0 Å². The summed E-state index contributed by atoms with van der Waals surface area (Å²) in [7, 11) is 2.06. The predicted octanol–water partition coefficient (Wildman–Crippen LogP) is 3.80. The maximum Gasteiger partial charge on any atom is 0.419 e. The van der Waals surface area contributed by atoms with Crippen molar-refractivity contribution in [1.82, 2.24) is 40.0 Å². The van der Waals surface area contributed by atoms with E-state index in [4.69, 9.17) is 0 Å². The van der Waals surface area contributed by atoms with Gasteiger partial charge in [-0.15, -0.1) is 5.10 Å². The van der Waals surface area contributed by atoms with E-state index in [9.17, 15) is 27.2 Å². The smallest absolute Gasteiger partial charge is 0.344 e. The molecule has 1 aliphatic heterocycles.